The predicted octanol–water partition coefficient (Wildman–Crippen LogP) is 1.58. The second-order valence-corrected chi connectivity index (χ2v) is 20.6. The van der Waals surface area contributed by atoms with Gasteiger partial charge < -0.3 is 64.2 Å². The van der Waals surface area contributed by atoms with E-state index >= 15 is 0 Å². The van der Waals surface area contributed by atoms with E-state index in [1.807, 2.05) is 0 Å². The second kappa shape index (κ2) is 11.8. The van der Waals surface area contributed by atoms with Crippen LogP contribution in [0, 0.1) is 50.7 Å². The van der Waals surface area contributed by atoms with E-state index in [1.54, 1.807) is 13.8 Å². The highest BCUT2D eigenvalue weighted by atomic mass is 16.8. The normalized spacial score (nSPS) is 61.0. The topological polar surface area (TPSA) is 197 Å². The predicted molar refractivity (Wildman–Crippen MR) is 185 cm³/mol. The van der Waals surface area contributed by atoms with E-state index < -0.39 is 78.2 Å². The number of ether oxygens (including phenoxy) is 6. The molecule has 302 valence electrons. The zero-order valence-electron chi connectivity index (χ0n) is 32.4. The summed E-state index contributed by atoms with van der Waals surface area (Å²) in [6.45, 7) is 14.7. The summed E-state index contributed by atoms with van der Waals surface area (Å²) in [7, 11) is 0. The molecule has 0 aromatic heterocycles. The Balaban J connectivity index is 0.941. The Morgan fingerprint density at radius 1 is 0.717 bits per heavy atom. The van der Waals surface area contributed by atoms with Crippen LogP contribution in [-0.4, -0.2) is 134 Å². The Kier molecular flexibility index (Phi) is 8.46. The van der Waals surface area contributed by atoms with Crippen molar-refractivity contribution in [3.8, 4) is 0 Å². The molecule has 13 heteroatoms. The third-order valence-electron chi connectivity index (χ3n) is 17.6. The summed E-state index contributed by atoms with van der Waals surface area (Å²) in [5.41, 5.74) is -1.77. The number of rotatable bonds is 5. The average molecular weight is 753 g/mol. The van der Waals surface area contributed by atoms with Crippen molar-refractivity contribution in [3.63, 3.8) is 0 Å². The molecule has 0 aromatic carbocycles. The van der Waals surface area contributed by atoms with Crippen LogP contribution in [0.15, 0.2) is 0 Å². The maximum Gasteiger partial charge on any atom is 0.199 e. The molecule has 0 aromatic rings. The molecule has 21 atom stereocenters. The fraction of sp³-hybridized carbons (Fsp3) is 1.00. The molecule has 4 saturated heterocycles. The fourth-order valence-corrected chi connectivity index (χ4v) is 15.2. The van der Waals surface area contributed by atoms with Gasteiger partial charge in [-0.15, -0.1) is 0 Å². The molecule has 53 heavy (non-hydrogen) atoms. The van der Waals surface area contributed by atoms with Gasteiger partial charge in [0.2, 0.25) is 0 Å². The Morgan fingerprint density at radius 2 is 1.36 bits per heavy atom. The van der Waals surface area contributed by atoms with Gasteiger partial charge in [0.15, 0.2) is 18.4 Å². The van der Waals surface area contributed by atoms with Gasteiger partial charge in [0.05, 0.1) is 31.0 Å². The summed E-state index contributed by atoms with van der Waals surface area (Å²) in [6.07, 6.45) is -4.62. The number of hydrogen-bond donors (Lipinski definition) is 7. The zero-order chi connectivity index (χ0) is 38.1. The molecule has 9 fully saturated rings. The fourth-order valence-electron chi connectivity index (χ4n) is 15.2. The monoisotopic (exact) mass is 752 g/mol. The molecule has 0 amide bonds. The maximum atomic E-state index is 12.8. The molecule has 2 bridgehead atoms. The molecule has 4 heterocycles. The van der Waals surface area contributed by atoms with E-state index in [1.165, 1.54) is 0 Å². The third-order valence-corrected chi connectivity index (χ3v) is 17.6. The van der Waals surface area contributed by atoms with E-state index in [4.69, 9.17) is 28.4 Å². The van der Waals surface area contributed by atoms with Crippen molar-refractivity contribution in [2.24, 2.45) is 50.7 Å². The summed E-state index contributed by atoms with van der Waals surface area (Å²) < 4.78 is 37.4. The second-order valence-electron chi connectivity index (χ2n) is 20.6. The molecule has 1 unspecified atom stereocenters. The number of aliphatic hydroxyl groups excluding tert-OH is 6. The van der Waals surface area contributed by atoms with Crippen LogP contribution < -0.4 is 0 Å². The van der Waals surface area contributed by atoms with Crippen LogP contribution in [-0.2, 0) is 28.4 Å². The van der Waals surface area contributed by atoms with Crippen molar-refractivity contribution in [1.29, 1.82) is 0 Å². The van der Waals surface area contributed by atoms with Gasteiger partial charge in [0.25, 0.3) is 0 Å². The van der Waals surface area contributed by atoms with Crippen LogP contribution >= 0.6 is 0 Å². The smallest absolute Gasteiger partial charge is 0.199 e. The lowest BCUT2D eigenvalue weighted by atomic mass is 9.41. The number of aliphatic hydroxyl groups is 7. The Bertz CT molecular complexity index is 1460. The van der Waals surface area contributed by atoms with E-state index in [0.717, 1.165) is 51.4 Å². The molecule has 5 aliphatic carbocycles. The molecule has 4 aliphatic heterocycles. The SMILES string of the molecule is C[C@@H]1C[C@H]2OC3(O[C@@H]2C(C)(C)O)[C@H](O)[C@@]2(C)[C@@H]4CC[C@H]5C(C)(C)[C@@H](O[C@@H]6OC[C@@H](O)[C@H](O[C@@H]7OC[C@@H](O)[C@H](O)[C@H]7O)[C@H]6O)CC[C@@]56C[C@@]46CC[C@]2(C)[C@@H]13. The molecule has 3 spiro atoms. The van der Waals surface area contributed by atoms with Crippen molar-refractivity contribution < 1.29 is 64.2 Å². The summed E-state index contributed by atoms with van der Waals surface area (Å²) in [5, 5.41) is 76.5. The highest BCUT2D eigenvalue weighted by Gasteiger charge is 2.88. The van der Waals surface area contributed by atoms with Gasteiger partial charge in [0, 0.05) is 11.3 Å². The van der Waals surface area contributed by atoms with Crippen molar-refractivity contribution in [3.05, 3.63) is 0 Å². The van der Waals surface area contributed by atoms with E-state index in [2.05, 4.69) is 34.6 Å². The molecule has 9 aliphatic rings. The minimum absolute atomic E-state index is 0.0294. The summed E-state index contributed by atoms with van der Waals surface area (Å²) in [5.74, 6) is -0.148. The molecular formula is C40H64O13. The third kappa shape index (κ3) is 4.72. The van der Waals surface area contributed by atoms with Crippen molar-refractivity contribution >= 4 is 0 Å². The zero-order valence-corrected chi connectivity index (χ0v) is 32.4. The number of fused-ring (bicyclic) bond motifs is 4. The maximum absolute atomic E-state index is 12.8. The van der Waals surface area contributed by atoms with Gasteiger partial charge in [-0.1, -0.05) is 34.6 Å². The summed E-state index contributed by atoms with van der Waals surface area (Å²) >= 11 is 0. The van der Waals surface area contributed by atoms with E-state index in [0.29, 0.717) is 11.8 Å². The van der Waals surface area contributed by atoms with Gasteiger partial charge in [-0.2, -0.15) is 0 Å². The highest BCUT2D eigenvalue weighted by Crippen LogP contribution is 2.90. The first kappa shape index (κ1) is 38.0. The first-order chi connectivity index (χ1) is 24.7. The standard InChI is InChI=1S/C40H64O13/c1-18-14-21-30(35(4,5)47)53-40(52-21)29(18)36(6)12-13-39-17-38(39)11-10-24(34(2,3)22(38)8-9-23(39)37(36,7)33(40)46)50-32-27(45)28(20(42)16-49-32)51-31-26(44)25(43)19(41)15-48-31/h18-33,41-47H,8-17H2,1-7H3/t18-,19-,20-,21-,22+,23+,24+,25+,26-,27-,28+,29-,30+,31+,32+,33-,36-,37-,38-,39+,40?/m1/s1. The van der Waals surface area contributed by atoms with Crippen molar-refractivity contribution in [2.45, 2.75) is 185 Å². The van der Waals surface area contributed by atoms with E-state index in [9.17, 15) is 35.7 Å². The first-order valence-electron chi connectivity index (χ1n) is 20.4. The van der Waals surface area contributed by atoms with Crippen molar-refractivity contribution in [2.75, 3.05) is 13.2 Å². The quantitative estimate of drug-likeness (QED) is 0.200. The molecule has 13 nitrogen and oxygen atoms in total. The van der Waals surface area contributed by atoms with Gasteiger partial charge in [-0.3, -0.25) is 0 Å². The van der Waals surface area contributed by atoms with Crippen LogP contribution in [0.4, 0.5) is 0 Å². The molecule has 0 radical (unpaired) electrons. The number of hydrogen-bond acceptors (Lipinski definition) is 13. The van der Waals surface area contributed by atoms with Gasteiger partial charge in [0.1, 0.15) is 48.8 Å². The molecular weight excluding hydrogens is 688 g/mol. The minimum Gasteiger partial charge on any atom is -0.388 e. The lowest BCUT2D eigenvalue weighted by molar-refractivity contribution is -0.345. The lowest BCUT2D eigenvalue weighted by Crippen LogP contribution is -2.62. The molecule has 5 saturated carbocycles. The van der Waals surface area contributed by atoms with Gasteiger partial charge >= 0.3 is 0 Å². The van der Waals surface area contributed by atoms with Crippen LogP contribution in [0.5, 0.6) is 0 Å². The Hall–Kier alpha value is -0.520. The van der Waals surface area contributed by atoms with Gasteiger partial charge in [-0.05, 0) is 105 Å². The largest absolute Gasteiger partial charge is 0.388 e. The van der Waals surface area contributed by atoms with Crippen LogP contribution in [0.3, 0.4) is 0 Å². The minimum atomic E-state index is -1.56. The summed E-state index contributed by atoms with van der Waals surface area (Å²) in [6, 6.07) is 0. The van der Waals surface area contributed by atoms with Crippen molar-refractivity contribution in [1.82, 2.24) is 0 Å². The molecule has 9 rings (SSSR count). The summed E-state index contributed by atoms with van der Waals surface area (Å²) in [4.78, 5) is 0. The van der Waals surface area contributed by atoms with Gasteiger partial charge in [-0.25, -0.2) is 0 Å². The van der Waals surface area contributed by atoms with Crippen LogP contribution in [0.25, 0.3) is 0 Å². The Labute approximate surface area is 312 Å². The Morgan fingerprint density at radius 3 is 2.06 bits per heavy atom. The van der Waals surface area contributed by atoms with E-state index in [-0.39, 0.29) is 58.9 Å². The van der Waals surface area contributed by atoms with Crippen LogP contribution in [0.2, 0.25) is 0 Å². The average Bonchev–Trinajstić information content (AvgIpc) is 3.60. The first-order valence-corrected chi connectivity index (χ1v) is 20.4. The van der Waals surface area contributed by atoms with Crippen LogP contribution in [0.1, 0.15) is 99.8 Å². The highest BCUT2D eigenvalue weighted by molar-refractivity contribution is 5.34. The molecule has 7 N–H and O–H groups in total. The lowest BCUT2D eigenvalue weighted by Gasteiger charge is -2.63.